The number of nitrogens with two attached hydrogens (primary N) is 1. The van der Waals surface area contributed by atoms with E-state index in [0.717, 1.165) is 17.4 Å². The molecule has 3 N–H and O–H groups in total. The molecular formula is C20H24N2O4S. The fraction of sp³-hybridized carbons (Fsp3) is 0.350. The molecule has 6 nitrogen and oxygen atoms in total. The van der Waals surface area contributed by atoms with Crippen LogP contribution in [0.1, 0.15) is 34.0 Å². The summed E-state index contributed by atoms with van der Waals surface area (Å²) in [6, 6.07) is 11.9. The van der Waals surface area contributed by atoms with Gasteiger partial charge in [-0.05, 0) is 48.2 Å². The normalized spacial score (nSPS) is 17.1. The van der Waals surface area contributed by atoms with Crippen LogP contribution < -0.4 is 5.73 Å². The van der Waals surface area contributed by atoms with E-state index < -0.39 is 21.3 Å². The molecule has 144 valence electrons. The summed E-state index contributed by atoms with van der Waals surface area (Å²) in [4.78, 5) is 13.9. The molecule has 0 fully saturated rings. The lowest BCUT2D eigenvalue weighted by Crippen LogP contribution is -2.42. The molecule has 1 heterocycles. The van der Waals surface area contributed by atoms with Crippen LogP contribution in [0.5, 0.6) is 0 Å². The molecule has 1 aliphatic rings. The highest BCUT2D eigenvalue weighted by molar-refractivity contribution is 7.90. The van der Waals surface area contributed by atoms with Crippen molar-refractivity contribution in [2.24, 2.45) is 5.73 Å². The summed E-state index contributed by atoms with van der Waals surface area (Å²) in [5.74, 6) is -0.418. The second-order valence-corrected chi connectivity index (χ2v) is 9.35. The number of sulfone groups is 1. The second-order valence-electron chi connectivity index (χ2n) is 7.34. The topological polar surface area (TPSA) is 101 Å². The van der Waals surface area contributed by atoms with Crippen LogP contribution in [-0.4, -0.2) is 43.7 Å². The Kier molecular flexibility index (Phi) is 5.12. The Hall–Kier alpha value is -2.22. The highest BCUT2D eigenvalue weighted by atomic mass is 32.2. The largest absolute Gasteiger partial charge is 0.384 e. The maximum absolute atomic E-state index is 11.6. The molecule has 1 amide bonds. The third kappa shape index (κ3) is 4.21. The molecule has 0 spiro atoms. The molecule has 2 aromatic rings. The SMILES string of the molecule is CC(O)(CN1CCc2c(cccc2C(N)=O)C1)c1ccc(S(C)(=O)=O)cc1. The van der Waals surface area contributed by atoms with Gasteiger partial charge in [-0.1, -0.05) is 24.3 Å². The standard InChI is InChI=1S/C20H24N2O4S/c1-20(24,15-6-8-16(9-7-15)27(2,25)26)13-22-11-10-17-14(12-22)4-3-5-18(17)19(21)23/h3-9,24H,10-13H2,1-2H3,(H2,21,23). The zero-order chi connectivity index (χ0) is 19.8. The van der Waals surface area contributed by atoms with E-state index in [4.69, 9.17) is 5.73 Å². The Morgan fingerprint density at radius 2 is 1.89 bits per heavy atom. The minimum absolute atomic E-state index is 0.230. The van der Waals surface area contributed by atoms with Crippen LogP contribution in [0.15, 0.2) is 47.4 Å². The number of rotatable bonds is 5. The van der Waals surface area contributed by atoms with Gasteiger partial charge in [-0.15, -0.1) is 0 Å². The Bertz CT molecular complexity index is 966. The smallest absolute Gasteiger partial charge is 0.248 e. The monoisotopic (exact) mass is 388 g/mol. The van der Waals surface area contributed by atoms with Crippen molar-refractivity contribution in [3.8, 4) is 0 Å². The summed E-state index contributed by atoms with van der Waals surface area (Å²) in [5.41, 5.74) is 7.58. The van der Waals surface area contributed by atoms with Crippen molar-refractivity contribution in [1.82, 2.24) is 4.90 Å². The number of hydrogen-bond acceptors (Lipinski definition) is 5. The molecule has 1 atom stereocenters. The van der Waals surface area contributed by atoms with Gasteiger partial charge in [0.1, 0.15) is 0 Å². The van der Waals surface area contributed by atoms with Gasteiger partial charge in [0.15, 0.2) is 9.84 Å². The number of benzene rings is 2. The third-order valence-electron chi connectivity index (χ3n) is 5.05. The molecule has 0 aliphatic carbocycles. The quantitative estimate of drug-likeness (QED) is 0.808. The number of aliphatic hydroxyl groups is 1. The van der Waals surface area contributed by atoms with Crippen molar-refractivity contribution in [2.75, 3.05) is 19.3 Å². The average molecular weight is 388 g/mol. The van der Waals surface area contributed by atoms with Gasteiger partial charge in [0.25, 0.3) is 0 Å². The molecule has 0 aromatic heterocycles. The summed E-state index contributed by atoms with van der Waals surface area (Å²) >= 11 is 0. The number of amides is 1. The lowest BCUT2D eigenvalue weighted by atomic mass is 9.91. The number of carbonyl (C=O) groups excluding carboxylic acids is 1. The van der Waals surface area contributed by atoms with E-state index in [9.17, 15) is 18.3 Å². The molecule has 27 heavy (non-hydrogen) atoms. The van der Waals surface area contributed by atoms with E-state index in [0.29, 0.717) is 37.2 Å². The number of carbonyl (C=O) groups is 1. The molecule has 2 aromatic carbocycles. The second kappa shape index (κ2) is 7.07. The number of primary amides is 1. The van der Waals surface area contributed by atoms with E-state index in [2.05, 4.69) is 4.90 Å². The predicted molar refractivity (Wildman–Crippen MR) is 103 cm³/mol. The van der Waals surface area contributed by atoms with Crippen LogP contribution in [0, 0.1) is 0 Å². The van der Waals surface area contributed by atoms with Crippen molar-refractivity contribution in [1.29, 1.82) is 0 Å². The van der Waals surface area contributed by atoms with Crippen molar-refractivity contribution in [2.45, 2.75) is 30.4 Å². The van der Waals surface area contributed by atoms with Gasteiger partial charge in [-0.25, -0.2) is 8.42 Å². The molecule has 7 heteroatoms. The van der Waals surface area contributed by atoms with E-state index >= 15 is 0 Å². The van der Waals surface area contributed by atoms with Gasteiger partial charge in [0.2, 0.25) is 5.91 Å². The minimum atomic E-state index is -3.27. The van der Waals surface area contributed by atoms with E-state index in [1.807, 2.05) is 12.1 Å². The summed E-state index contributed by atoms with van der Waals surface area (Å²) in [6.45, 7) is 3.44. The first-order valence-corrected chi connectivity index (χ1v) is 10.6. The fourth-order valence-corrected chi connectivity index (χ4v) is 4.25. The zero-order valence-electron chi connectivity index (χ0n) is 15.5. The average Bonchev–Trinajstić information content (AvgIpc) is 2.60. The highest BCUT2D eigenvalue weighted by Gasteiger charge is 2.29. The number of β-amino-alcohol motifs (C(OH)–C–C–N with tert-alkyl or cyclic N) is 1. The van der Waals surface area contributed by atoms with Crippen molar-refractivity contribution in [3.05, 3.63) is 64.7 Å². The highest BCUT2D eigenvalue weighted by Crippen LogP contribution is 2.28. The Balaban J connectivity index is 1.77. The maximum atomic E-state index is 11.6. The van der Waals surface area contributed by atoms with Gasteiger partial charge in [-0.3, -0.25) is 9.69 Å². The molecule has 0 bridgehead atoms. The Labute approximate surface area is 159 Å². The van der Waals surface area contributed by atoms with E-state index in [1.165, 1.54) is 12.1 Å². The van der Waals surface area contributed by atoms with Crippen LogP contribution in [0.3, 0.4) is 0 Å². The van der Waals surface area contributed by atoms with Crippen molar-refractivity contribution >= 4 is 15.7 Å². The fourth-order valence-electron chi connectivity index (χ4n) is 3.62. The summed E-state index contributed by atoms with van der Waals surface area (Å²) in [5, 5.41) is 11.0. The van der Waals surface area contributed by atoms with Crippen LogP contribution in [0.25, 0.3) is 0 Å². The lowest BCUT2D eigenvalue weighted by Gasteiger charge is -2.35. The maximum Gasteiger partial charge on any atom is 0.248 e. The lowest BCUT2D eigenvalue weighted by molar-refractivity contribution is 0.0116. The van der Waals surface area contributed by atoms with Gasteiger partial charge in [0, 0.05) is 31.5 Å². The Morgan fingerprint density at radius 3 is 2.48 bits per heavy atom. The molecule has 0 radical (unpaired) electrons. The number of nitrogens with zero attached hydrogens (tertiary/aromatic N) is 1. The van der Waals surface area contributed by atoms with Crippen molar-refractivity contribution < 1.29 is 18.3 Å². The molecule has 0 saturated heterocycles. The Morgan fingerprint density at radius 1 is 1.22 bits per heavy atom. The molecular weight excluding hydrogens is 364 g/mol. The molecule has 1 unspecified atom stereocenters. The minimum Gasteiger partial charge on any atom is -0.384 e. The number of hydrogen-bond donors (Lipinski definition) is 2. The molecule has 1 aliphatic heterocycles. The summed E-state index contributed by atoms with van der Waals surface area (Å²) in [6.07, 6.45) is 1.85. The van der Waals surface area contributed by atoms with Gasteiger partial charge >= 0.3 is 0 Å². The first-order chi connectivity index (χ1) is 12.6. The first kappa shape index (κ1) is 19.5. The van der Waals surface area contributed by atoms with Gasteiger partial charge < -0.3 is 10.8 Å². The van der Waals surface area contributed by atoms with Crippen LogP contribution in [-0.2, 0) is 28.4 Å². The van der Waals surface area contributed by atoms with Gasteiger partial charge in [-0.2, -0.15) is 0 Å². The third-order valence-corrected chi connectivity index (χ3v) is 6.17. The van der Waals surface area contributed by atoms with Crippen molar-refractivity contribution in [3.63, 3.8) is 0 Å². The summed E-state index contributed by atoms with van der Waals surface area (Å²) < 4.78 is 23.2. The number of fused-ring (bicyclic) bond motifs is 1. The first-order valence-electron chi connectivity index (χ1n) is 8.74. The summed E-state index contributed by atoms with van der Waals surface area (Å²) in [7, 11) is -3.27. The molecule has 3 rings (SSSR count). The van der Waals surface area contributed by atoms with Gasteiger partial charge in [0.05, 0.1) is 10.5 Å². The van der Waals surface area contributed by atoms with Crippen LogP contribution in [0.2, 0.25) is 0 Å². The van der Waals surface area contributed by atoms with Crippen LogP contribution in [0.4, 0.5) is 0 Å². The predicted octanol–water partition coefficient (Wildman–Crippen LogP) is 1.45. The van der Waals surface area contributed by atoms with Crippen LogP contribution >= 0.6 is 0 Å². The van der Waals surface area contributed by atoms with E-state index in [-0.39, 0.29) is 4.90 Å². The zero-order valence-corrected chi connectivity index (χ0v) is 16.3. The van der Waals surface area contributed by atoms with E-state index in [1.54, 1.807) is 25.1 Å². The molecule has 0 saturated carbocycles.